The zero-order valence-electron chi connectivity index (χ0n) is 12.2. The number of fused-ring (bicyclic) bond motifs is 1. The Labute approximate surface area is 116 Å². The maximum atomic E-state index is 12.7. The van der Waals surface area contributed by atoms with Gasteiger partial charge in [-0.25, -0.2) is 0 Å². The third kappa shape index (κ3) is 2.91. The monoisotopic (exact) mass is 260 g/mol. The highest BCUT2D eigenvalue weighted by molar-refractivity contribution is 6.01. The summed E-state index contributed by atoms with van der Waals surface area (Å²) in [4.78, 5) is 14.7. The molecule has 19 heavy (non-hydrogen) atoms. The summed E-state index contributed by atoms with van der Waals surface area (Å²) in [7, 11) is 0. The molecule has 1 amide bonds. The summed E-state index contributed by atoms with van der Waals surface area (Å²) >= 11 is 0. The molecule has 1 N–H and O–H groups in total. The average molecular weight is 260 g/mol. The summed E-state index contributed by atoms with van der Waals surface area (Å²) in [6, 6.07) is 8.10. The molecule has 0 radical (unpaired) electrons. The Bertz CT molecular complexity index is 454. The van der Waals surface area contributed by atoms with Crippen molar-refractivity contribution in [3.63, 3.8) is 0 Å². The molecule has 3 heteroatoms. The Kier molecular flexibility index (Phi) is 4.13. The quantitative estimate of drug-likeness (QED) is 0.838. The van der Waals surface area contributed by atoms with Crippen LogP contribution in [0.25, 0.3) is 0 Å². The van der Waals surface area contributed by atoms with E-state index in [1.165, 1.54) is 12.8 Å². The van der Waals surface area contributed by atoms with E-state index in [9.17, 15) is 4.79 Å². The maximum absolute atomic E-state index is 12.7. The normalized spacial score (nSPS) is 17.6. The van der Waals surface area contributed by atoms with E-state index in [1.807, 2.05) is 36.9 Å². The van der Waals surface area contributed by atoms with Crippen LogP contribution in [0.15, 0.2) is 24.3 Å². The van der Waals surface area contributed by atoms with Crippen molar-refractivity contribution in [1.29, 1.82) is 0 Å². The summed E-state index contributed by atoms with van der Waals surface area (Å²) in [5, 5.41) is 3.40. The molecule has 1 aliphatic heterocycles. The third-order valence-electron chi connectivity index (χ3n) is 3.73. The number of amides is 1. The first-order valence-electron chi connectivity index (χ1n) is 7.21. The van der Waals surface area contributed by atoms with Gasteiger partial charge in [-0.05, 0) is 32.4 Å². The van der Waals surface area contributed by atoms with E-state index in [-0.39, 0.29) is 11.3 Å². The van der Waals surface area contributed by atoms with E-state index >= 15 is 0 Å². The van der Waals surface area contributed by atoms with Crippen LogP contribution in [-0.2, 0) is 4.79 Å². The van der Waals surface area contributed by atoms with Crippen LogP contribution in [0.5, 0.6) is 0 Å². The predicted octanol–water partition coefficient (Wildman–Crippen LogP) is 3.66. The number of nitrogens with one attached hydrogen (secondary N) is 1. The van der Waals surface area contributed by atoms with E-state index in [4.69, 9.17) is 0 Å². The van der Waals surface area contributed by atoms with Crippen LogP contribution in [0.4, 0.5) is 11.4 Å². The zero-order valence-corrected chi connectivity index (χ0v) is 12.2. The summed E-state index contributed by atoms with van der Waals surface area (Å²) in [6.07, 6.45) is 3.40. The summed E-state index contributed by atoms with van der Waals surface area (Å²) in [6.45, 7) is 7.72. The van der Waals surface area contributed by atoms with Crippen molar-refractivity contribution < 1.29 is 4.79 Å². The predicted molar refractivity (Wildman–Crippen MR) is 80.6 cm³/mol. The Morgan fingerprint density at radius 3 is 2.74 bits per heavy atom. The lowest BCUT2D eigenvalue weighted by Gasteiger charge is -2.28. The standard InChI is InChI=1S/C16H24N2O/c1-4-5-8-11-18-14-10-7-6-9-13(14)17-12-16(2,3)15(18)19/h6-7,9-10,17H,4-5,8,11-12H2,1-3H3. The molecule has 0 aromatic heterocycles. The minimum absolute atomic E-state index is 0.223. The molecule has 1 aromatic rings. The Balaban J connectivity index is 2.30. The number of hydrogen-bond acceptors (Lipinski definition) is 2. The Morgan fingerprint density at radius 1 is 1.26 bits per heavy atom. The first-order valence-corrected chi connectivity index (χ1v) is 7.21. The number of carbonyl (C=O) groups is 1. The number of hydrogen-bond donors (Lipinski definition) is 1. The number of rotatable bonds is 4. The maximum Gasteiger partial charge on any atom is 0.234 e. The van der Waals surface area contributed by atoms with Crippen molar-refractivity contribution in [3.8, 4) is 0 Å². The highest BCUT2D eigenvalue weighted by Gasteiger charge is 2.35. The SMILES string of the molecule is CCCCCN1C(=O)C(C)(C)CNc2ccccc21. The number of benzene rings is 1. The van der Waals surface area contributed by atoms with Crippen LogP contribution >= 0.6 is 0 Å². The Hall–Kier alpha value is -1.51. The van der Waals surface area contributed by atoms with Gasteiger partial charge < -0.3 is 10.2 Å². The lowest BCUT2D eigenvalue weighted by atomic mass is 9.92. The van der Waals surface area contributed by atoms with Crippen molar-refractivity contribution in [1.82, 2.24) is 0 Å². The molecule has 104 valence electrons. The van der Waals surface area contributed by atoms with Crippen LogP contribution in [0.3, 0.4) is 0 Å². The first kappa shape index (κ1) is 13.9. The molecule has 0 saturated carbocycles. The fraction of sp³-hybridized carbons (Fsp3) is 0.562. The van der Waals surface area contributed by atoms with Crippen LogP contribution in [0.2, 0.25) is 0 Å². The Morgan fingerprint density at radius 2 is 2.00 bits per heavy atom. The molecule has 0 fully saturated rings. The molecular formula is C16H24N2O. The van der Waals surface area contributed by atoms with E-state index in [0.717, 1.165) is 24.3 Å². The van der Waals surface area contributed by atoms with E-state index in [0.29, 0.717) is 6.54 Å². The van der Waals surface area contributed by atoms with Gasteiger partial charge in [-0.15, -0.1) is 0 Å². The molecule has 0 spiro atoms. The number of anilines is 2. The number of carbonyl (C=O) groups excluding carboxylic acids is 1. The van der Waals surface area contributed by atoms with Crippen LogP contribution < -0.4 is 10.2 Å². The number of para-hydroxylation sites is 2. The molecular weight excluding hydrogens is 236 g/mol. The van der Waals surface area contributed by atoms with Gasteiger partial charge in [0.25, 0.3) is 0 Å². The van der Waals surface area contributed by atoms with E-state index < -0.39 is 0 Å². The second-order valence-corrected chi connectivity index (χ2v) is 5.92. The molecule has 1 aromatic carbocycles. The third-order valence-corrected chi connectivity index (χ3v) is 3.73. The van der Waals surface area contributed by atoms with Crippen molar-refractivity contribution in [3.05, 3.63) is 24.3 Å². The van der Waals surface area contributed by atoms with Gasteiger partial charge in [-0.1, -0.05) is 31.9 Å². The second-order valence-electron chi connectivity index (χ2n) is 5.92. The van der Waals surface area contributed by atoms with Gasteiger partial charge in [0.15, 0.2) is 0 Å². The molecule has 1 heterocycles. The summed E-state index contributed by atoms with van der Waals surface area (Å²) in [5.74, 6) is 0.223. The smallest absolute Gasteiger partial charge is 0.234 e. The molecule has 3 nitrogen and oxygen atoms in total. The number of unbranched alkanes of at least 4 members (excludes halogenated alkanes) is 2. The van der Waals surface area contributed by atoms with Crippen molar-refractivity contribution >= 4 is 17.3 Å². The topological polar surface area (TPSA) is 32.3 Å². The highest BCUT2D eigenvalue weighted by Crippen LogP contribution is 2.34. The van der Waals surface area contributed by atoms with Gasteiger partial charge in [0, 0.05) is 13.1 Å². The molecule has 0 saturated heterocycles. The van der Waals surface area contributed by atoms with Gasteiger partial charge in [0.1, 0.15) is 0 Å². The van der Waals surface area contributed by atoms with E-state index in [1.54, 1.807) is 0 Å². The average Bonchev–Trinajstić information content (AvgIpc) is 2.49. The molecule has 0 atom stereocenters. The van der Waals surface area contributed by atoms with Crippen LogP contribution in [-0.4, -0.2) is 19.0 Å². The fourth-order valence-electron chi connectivity index (χ4n) is 2.47. The summed E-state index contributed by atoms with van der Waals surface area (Å²) < 4.78 is 0. The van der Waals surface area contributed by atoms with E-state index in [2.05, 4.69) is 18.3 Å². The van der Waals surface area contributed by atoms with Crippen molar-refractivity contribution in [2.45, 2.75) is 40.0 Å². The van der Waals surface area contributed by atoms with Gasteiger partial charge in [0.2, 0.25) is 5.91 Å². The van der Waals surface area contributed by atoms with Crippen molar-refractivity contribution in [2.75, 3.05) is 23.3 Å². The van der Waals surface area contributed by atoms with Gasteiger partial charge in [-0.2, -0.15) is 0 Å². The zero-order chi connectivity index (χ0) is 13.9. The molecule has 0 bridgehead atoms. The second kappa shape index (κ2) is 5.64. The van der Waals surface area contributed by atoms with Gasteiger partial charge in [-0.3, -0.25) is 4.79 Å². The summed E-state index contributed by atoms with van der Waals surface area (Å²) in [5.41, 5.74) is 1.73. The van der Waals surface area contributed by atoms with Gasteiger partial charge >= 0.3 is 0 Å². The first-order chi connectivity index (χ1) is 9.06. The van der Waals surface area contributed by atoms with Crippen molar-refractivity contribution in [2.24, 2.45) is 5.41 Å². The number of nitrogens with zero attached hydrogens (tertiary/aromatic N) is 1. The largest absolute Gasteiger partial charge is 0.382 e. The van der Waals surface area contributed by atoms with Crippen LogP contribution in [0.1, 0.15) is 40.0 Å². The minimum atomic E-state index is -0.356. The molecule has 1 aliphatic rings. The van der Waals surface area contributed by atoms with Gasteiger partial charge in [0.05, 0.1) is 16.8 Å². The fourth-order valence-corrected chi connectivity index (χ4v) is 2.47. The molecule has 0 aliphatic carbocycles. The van der Waals surface area contributed by atoms with Crippen LogP contribution in [0, 0.1) is 5.41 Å². The minimum Gasteiger partial charge on any atom is -0.382 e. The lowest BCUT2D eigenvalue weighted by molar-refractivity contribution is -0.125. The highest BCUT2D eigenvalue weighted by atomic mass is 16.2. The molecule has 2 rings (SSSR count). The lowest BCUT2D eigenvalue weighted by Crippen LogP contribution is -2.42. The molecule has 0 unspecified atom stereocenters.